The number of ether oxygens (including phenoxy) is 1. The van der Waals surface area contributed by atoms with Crippen molar-refractivity contribution in [1.82, 2.24) is 5.32 Å². The van der Waals surface area contributed by atoms with E-state index in [4.69, 9.17) is 9.73 Å². The summed E-state index contributed by atoms with van der Waals surface area (Å²) >= 11 is 1.69. The monoisotopic (exact) mass is 284 g/mol. The van der Waals surface area contributed by atoms with Crippen LogP contribution in [0.15, 0.2) is 4.99 Å². The topological polar surface area (TPSA) is 53.9 Å². The van der Waals surface area contributed by atoms with Crippen LogP contribution < -0.4 is 5.32 Å². The van der Waals surface area contributed by atoms with E-state index in [1.807, 2.05) is 13.8 Å². The molecular formula is C14H24N2O2S. The molecule has 19 heavy (non-hydrogen) atoms. The van der Waals surface area contributed by atoms with Gasteiger partial charge in [0.05, 0.1) is 17.7 Å². The zero-order chi connectivity index (χ0) is 13.5. The highest BCUT2D eigenvalue weighted by Crippen LogP contribution is 2.38. The molecule has 3 aliphatic rings. The molecule has 2 N–H and O–H groups in total. The maximum Gasteiger partial charge on any atom is 0.159 e. The lowest BCUT2D eigenvalue weighted by molar-refractivity contribution is -0.121. The molecule has 4 nitrogen and oxygen atoms in total. The van der Waals surface area contributed by atoms with E-state index in [0.717, 1.165) is 30.5 Å². The molecule has 0 aromatic carbocycles. The summed E-state index contributed by atoms with van der Waals surface area (Å²) in [7, 11) is 0. The van der Waals surface area contributed by atoms with E-state index in [1.54, 1.807) is 11.8 Å². The van der Waals surface area contributed by atoms with Crippen molar-refractivity contribution in [3.63, 3.8) is 0 Å². The van der Waals surface area contributed by atoms with Gasteiger partial charge >= 0.3 is 0 Å². The van der Waals surface area contributed by atoms with Crippen LogP contribution in [0, 0.1) is 5.92 Å². The van der Waals surface area contributed by atoms with E-state index in [0.29, 0.717) is 0 Å². The summed E-state index contributed by atoms with van der Waals surface area (Å²) in [5, 5.41) is 14.5. The second-order valence-corrected chi connectivity index (χ2v) is 7.59. The second-order valence-electron chi connectivity index (χ2n) is 6.50. The number of rotatable bonds is 4. The minimum absolute atomic E-state index is 0.0673. The predicted molar refractivity (Wildman–Crippen MR) is 78.4 cm³/mol. The number of nitrogens with one attached hydrogen (secondary N) is 1. The Bertz CT molecular complexity index is 363. The molecule has 3 rings (SSSR count). The lowest BCUT2D eigenvalue weighted by atomic mass is 9.93. The van der Waals surface area contributed by atoms with Gasteiger partial charge in [-0.15, -0.1) is 0 Å². The Morgan fingerprint density at radius 1 is 1.37 bits per heavy atom. The first-order valence-electron chi connectivity index (χ1n) is 7.38. The molecule has 3 atom stereocenters. The molecule has 0 amide bonds. The van der Waals surface area contributed by atoms with Crippen molar-refractivity contribution in [3.8, 4) is 0 Å². The first kappa shape index (κ1) is 13.7. The van der Waals surface area contributed by atoms with Gasteiger partial charge in [0, 0.05) is 6.54 Å². The highest BCUT2D eigenvalue weighted by molar-refractivity contribution is 8.14. The molecule has 2 aliphatic heterocycles. The van der Waals surface area contributed by atoms with Gasteiger partial charge < -0.3 is 15.2 Å². The van der Waals surface area contributed by atoms with Gasteiger partial charge in [0.15, 0.2) is 5.17 Å². The molecule has 1 saturated carbocycles. The molecule has 2 heterocycles. The molecule has 0 aromatic rings. The first-order valence-corrected chi connectivity index (χ1v) is 8.26. The summed E-state index contributed by atoms with van der Waals surface area (Å²) in [5.74, 6) is 0.956. The Morgan fingerprint density at radius 2 is 2.16 bits per heavy atom. The minimum atomic E-state index is -0.756. The quantitative estimate of drug-likeness (QED) is 0.830. The average molecular weight is 284 g/mol. The zero-order valence-corrected chi connectivity index (χ0v) is 12.6. The Morgan fingerprint density at radius 3 is 2.84 bits per heavy atom. The highest BCUT2D eigenvalue weighted by atomic mass is 32.2. The largest absolute Gasteiger partial charge is 0.388 e. The molecule has 5 heteroatoms. The van der Waals surface area contributed by atoms with Crippen molar-refractivity contribution in [2.45, 2.75) is 69.1 Å². The normalized spacial score (nSPS) is 34.9. The van der Waals surface area contributed by atoms with Gasteiger partial charge in [-0.25, -0.2) is 0 Å². The smallest absolute Gasteiger partial charge is 0.159 e. The van der Waals surface area contributed by atoms with Crippen molar-refractivity contribution in [2.75, 3.05) is 6.54 Å². The van der Waals surface area contributed by atoms with Crippen molar-refractivity contribution < 1.29 is 9.84 Å². The van der Waals surface area contributed by atoms with Gasteiger partial charge in [-0.1, -0.05) is 24.6 Å². The number of nitrogens with zero attached hydrogens (tertiary/aromatic N) is 1. The van der Waals surface area contributed by atoms with E-state index in [1.165, 1.54) is 19.3 Å². The molecule has 0 aromatic heterocycles. The van der Waals surface area contributed by atoms with Crippen LogP contribution in [0.2, 0.25) is 0 Å². The number of hydrogen-bond donors (Lipinski definition) is 2. The number of amidine groups is 1. The van der Waals surface area contributed by atoms with Crippen LogP contribution in [0.5, 0.6) is 0 Å². The van der Waals surface area contributed by atoms with Gasteiger partial charge in [-0.2, -0.15) is 0 Å². The Kier molecular flexibility index (Phi) is 3.80. The fourth-order valence-corrected chi connectivity index (χ4v) is 3.84. The molecule has 0 bridgehead atoms. The molecule has 0 radical (unpaired) electrons. The third-order valence-corrected chi connectivity index (χ3v) is 5.29. The highest BCUT2D eigenvalue weighted by Gasteiger charge is 2.41. The van der Waals surface area contributed by atoms with Crippen molar-refractivity contribution in [2.24, 2.45) is 10.9 Å². The second kappa shape index (κ2) is 5.26. The average Bonchev–Trinajstić information content (AvgIpc) is 3.06. The van der Waals surface area contributed by atoms with E-state index >= 15 is 0 Å². The van der Waals surface area contributed by atoms with Gasteiger partial charge in [0.25, 0.3) is 0 Å². The van der Waals surface area contributed by atoms with Crippen LogP contribution >= 0.6 is 11.8 Å². The van der Waals surface area contributed by atoms with Crippen LogP contribution in [0.4, 0.5) is 0 Å². The van der Waals surface area contributed by atoms with Gasteiger partial charge in [0.1, 0.15) is 5.44 Å². The first-order chi connectivity index (χ1) is 9.02. The van der Waals surface area contributed by atoms with Crippen LogP contribution in [-0.2, 0) is 4.74 Å². The van der Waals surface area contributed by atoms with Crippen molar-refractivity contribution >= 4 is 16.9 Å². The summed E-state index contributed by atoms with van der Waals surface area (Å²) in [6, 6.07) is 0.270. The molecule has 2 fully saturated rings. The number of thioether (sulfide) groups is 1. The Hall–Kier alpha value is -0.260. The van der Waals surface area contributed by atoms with Crippen LogP contribution in [-0.4, -0.2) is 40.0 Å². The SMILES string of the molecule is CC(C)(O)[C@@H]1CC[C@H]2N=C(NCCC3CC3)S[C@H]2O1. The molecule has 0 unspecified atom stereocenters. The van der Waals surface area contributed by atoms with Crippen LogP contribution in [0.25, 0.3) is 0 Å². The van der Waals surface area contributed by atoms with Crippen LogP contribution in [0.3, 0.4) is 0 Å². The fraction of sp³-hybridized carbons (Fsp3) is 0.929. The van der Waals surface area contributed by atoms with Gasteiger partial charge in [-0.05, 0) is 39.0 Å². The molecule has 1 saturated heterocycles. The standard InChI is InChI=1S/C14H24N2O2S/c1-14(2,17)11-6-5-10-12(18-11)19-13(16-10)15-8-7-9-3-4-9/h9-12,17H,3-8H2,1-2H3,(H,15,16)/t10-,11+,12-/m1/s1. The fourth-order valence-electron chi connectivity index (χ4n) is 2.70. The Labute approximate surface area is 119 Å². The van der Waals surface area contributed by atoms with Crippen molar-refractivity contribution in [3.05, 3.63) is 0 Å². The third kappa shape index (κ3) is 3.44. The summed E-state index contributed by atoms with van der Waals surface area (Å²) in [5.41, 5.74) is -0.665. The zero-order valence-electron chi connectivity index (χ0n) is 11.8. The molecule has 1 aliphatic carbocycles. The van der Waals surface area contributed by atoms with E-state index in [2.05, 4.69) is 5.32 Å². The maximum atomic E-state index is 10.1. The lowest BCUT2D eigenvalue weighted by Crippen LogP contribution is -2.45. The van der Waals surface area contributed by atoms with Gasteiger partial charge in [-0.3, -0.25) is 4.99 Å². The third-order valence-electron chi connectivity index (χ3n) is 4.16. The van der Waals surface area contributed by atoms with E-state index in [9.17, 15) is 5.11 Å². The van der Waals surface area contributed by atoms with Crippen LogP contribution in [0.1, 0.15) is 46.0 Å². The predicted octanol–water partition coefficient (Wildman–Crippen LogP) is 2.12. The number of aliphatic imine (C=N–C) groups is 1. The number of aliphatic hydroxyl groups is 1. The van der Waals surface area contributed by atoms with E-state index < -0.39 is 5.60 Å². The van der Waals surface area contributed by atoms with E-state index in [-0.39, 0.29) is 17.6 Å². The number of hydrogen-bond acceptors (Lipinski definition) is 5. The summed E-state index contributed by atoms with van der Waals surface area (Å²) in [4.78, 5) is 4.71. The maximum absolute atomic E-state index is 10.1. The molecule has 108 valence electrons. The van der Waals surface area contributed by atoms with Crippen molar-refractivity contribution in [1.29, 1.82) is 0 Å². The Balaban J connectivity index is 1.47. The minimum Gasteiger partial charge on any atom is -0.388 e. The lowest BCUT2D eigenvalue weighted by Gasteiger charge is -2.37. The summed E-state index contributed by atoms with van der Waals surface area (Å²) in [6.45, 7) is 4.69. The summed E-state index contributed by atoms with van der Waals surface area (Å²) in [6.07, 6.45) is 5.92. The summed E-state index contributed by atoms with van der Waals surface area (Å²) < 4.78 is 6.00. The molecule has 0 spiro atoms. The number of fused-ring (bicyclic) bond motifs is 1. The molecular weight excluding hydrogens is 260 g/mol. The van der Waals surface area contributed by atoms with Gasteiger partial charge in [0.2, 0.25) is 0 Å².